The number of methoxy groups -OCH3 is 1. The zero-order valence-corrected chi connectivity index (χ0v) is 19.6. The van der Waals surface area contributed by atoms with E-state index in [2.05, 4.69) is 4.90 Å². The number of piperazine rings is 1. The van der Waals surface area contributed by atoms with Crippen molar-refractivity contribution < 1.29 is 23.5 Å². The lowest BCUT2D eigenvalue weighted by atomic mass is 10.1. The first kappa shape index (κ1) is 24.3. The summed E-state index contributed by atoms with van der Waals surface area (Å²) in [4.78, 5) is 28.9. The van der Waals surface area contributed by atoms with Gasteiger partial charge in [-0.1, -0.05) is 35.3 Å². The molecule has 0 N–H and O–H groups in total. The Morgan fingerprint density at radius 1 is 1.06 bits per heavy atom. The van der Waals surface area contributed by atoms with E-state index in [1.165, 1.54) is 31.4 Å². The van der Waals surface area contributed by atoms with Crippen molar-refractivity contribution in [2.75, 3.05) is 26.8 Å². The topological polar surface area (TPSA) is 59.1 Å². The predicted molar refractivity (Wildman–Crippen MR) is 121 cm³/mol. The Balaban J connectivity index is 1.63. The van der Waals surface area contributed by atoms with Crippen LogP contribution in [-0.2, 0) is 16.1 Å². The number of ether oxygens (including phenoxy) is 2. The molecule has 2 unspecified atom stereocenters. The van der Waals surface area contributed by atoms with Crippen LogP contribution < -0.4 is 4.74 Å². The van der Waals surface area contributed by atoms with Gasteiger partial charge in [0.15, 0.2) is 6.61 Å². The first-order valence-corrected chi connectivity index (χ1v) is 10.9. The molecule has 1 aliphatic heterocycles. The van der Waals surface area contributed by atoms with Crippen molar-refractivity contribution in [3.8, 4) is 5.75 Å². The molecule has 0 spiro atoms. The summed E-state index contributed by atoms with van der Waals surface area (Å²) in [6.45, 7) is 5.64. The molecule has 2 aromatic carbocycles. The maximum absolute atomic E-state index is 13.2. The second-order valence-corrected chi connectivity index (χ2v) is 8.66. The van der Waals surface area contributed by atoms with Crippen molar-refractivity contribution in [1.82, 2.24) is 9.80 Å². The molecular formula is C23H25Cl2FN2O4. The highest BCUT2D eigenvalue weighted by Crippen LogP contribution is 2.31. The lowest BCUT2D eigenvalue weighted by molar-refractivity contribution is -0.139. The minimum Gasteiger partial charge on any atom is -0.483 e. The monoisotopic (exact) mass is 482 g/mol. The van der Waals surface area contributed by atoms with Crippen LogP contribution in [0.3, 0.4) is 0 Å². The van der Waals surface area contributed by atoms with Crippen LogP contribution in [0.15, 0.2) is 36.4 Å². The number of benzene rings is 2. The van der Waals surface area contributed by atoms with Crippen molar-refractivity contribution in [3.05, 3.63) is 63.4 Å². The van der Waals surface area contributed by atoms with Gasteiger partial charge in [0.1, 0.15) is 17.1 Å². The third-order valence-corrected chi connectivity index (χ3v) is 6.24. The molecule has 9 heteroatoms. The molecule has 32 heavy (non-hydrogen) atoms. The summed E-state index contributed by atoms with van der Waals surface area (Å²) in [5.41, 5.74) is 1.11. The minimum absolute atomic E-state index is 0.0448. The van der Waals surface area contributed by atoms with Crippen LogP contribution in [0.2, 0.25) is 10.0 Å². The van der Waals surface area contributed by atoms with Crippen molar-refractivity contribution >= 4 is 35.1 Å². The summed E-state index contributed by atoms with van der Waals surface area (Å²) in [7, 11) is 1.24. The molecule has 0 aliphatic carbocycles. The first-order chi connectivity index (χ1) is 15.2. The fourth-order valence-electron chi connectivity index (χ4n) is 3.73. The molecule has 0 aromatic heterocycles. The molecule has 0 saturated carbocycles. The van der Waals surface area contributed by atoms with E-state index >= 15 is 0 Å². The Kier molecular flexibility index (Phi) is 7.98. The van der Waals surface area contributed by atoms with Crippen molar-refractivity contribution in [1.29, 1.82) is 0 Å². The summed E-state index contributed by atoms with van der Waals surface area (Å²) < 4.78 is 23.6. The Bertz CT molecular complexity index is 987. The highest BCUT2D eigenvalue weighted by Gasteiger charge is 2.32. The molecule has 3 rings (SSSR count). The van der Waals surface area contributed by atoms with Crippen LogP contribution in [0.4, 0.5) is 4.39 Å². The molecule has 1 amide bonds. The highest BCUT2D eigenvalue weighted by molar-refractivity contribution is 6.42. The number of rotatable bonds is 6. The standard InChI is InChI=1S/C23H25Cl2FN2O4/c1-14-11-28(15(2)10-27(14)12-16-4-6-17(26)7-5-16)22(29)13-32-21-9-20(25)19(24)8-18(21)23(30)31-3/h4-9,14-15H,10-13H2,1-3H3. The lowest BCUT2D eigenvalue weighted by Crippen LogP contribution is -2.58. The van der Waals surface area contributed by atoms with E-state index in [0.717, 1.165) is 5.56 Å². The van der Waals surface area contributed by atoms with Crippen molar-refractivity contribution in [2.45, 2.75) is 32.5 Å². The number of carbonyl (C=O) groups excluding carboxylic acids is 2. The zero-order valence-electron chi connectivity index (χ0n) is 18.1. The molecule has 1 heterocycles. The number of nitrogens with zero attached hydrogens (tertiary/aromatic N) is 2. The largest absolute Gasteiger partial charge is 0.483 e. The van der Waals surface area contributed by atoms with Gasteiger partial charge in [0.05, 0.1) is 17.2 Å². The molecular weight excluding hydrogens is 458 g/mol. The third kappa shape index (κ3) is 5.71. The number of esters is 1. The number of amides is 1. The summed E-state index contributed by atoms with van der Waals surface area (Å²) in [5.74, 6) is -0.965. The summed E-state index contributed by atoms with van der Waals surface area (Å²) in [5, 5.41) is 0.392. The van der Waals surface area contributed by atoms with E-state index in [4.69, 9.17) is 32.7 Å². The first-order valence-electron chi connectivity index (χ1n) is 10.2. The number of hydrogen-bond acceptors (Lipinski definition) is 5. The maximum atomic E-state index is 13.2. The van der Waals surface area contributed by atoms with Gasteiger partial charge in [-0.2, -0.15) is 0 Å². The predicted octanol–water partition coefficient (Wildman–Crippen LogP) is 4.42. The Morgan fingerprint density at radius 3 is 2.38 bits per heavy atom. The van der Waals surface area contributed by atoms with Gasteiger partial charge in [-0.3, -0.25) is 9.69 Å². The van der Waals surface area contributed by atoms with Gasteiger partial charge in [-0.25, -0.2) is 9.18 Å². The number of hydrogen-bond donors (Lipinski definition) is 0. The lowest BCUT2D eigenvalue weighted by Gasteiger charge is -2.44. The SMILES string of the molecule is COC(=O)c1cc(Cl)c(Cl)cc1OCC(=O)N1CC(C)N(Cc2ccc(F)cc2)CC1C. The molecule has 2 atom stereocenters. The molecule has 172 valence electrons. The average Bonchev–Trinajstić information content (AvgIpc) is 2.77. The minimum atomic E-state index is -0.637. The molecule has 1 aliphatic rings. The van der Waals surface area contributed by atoms with Gasteiger partial charge in [-0.05, 0) is 37.6 Å². The second-order valence-electron chi connectivity index (χ2n) is 7.84. The van der Waals surface area contributed by atoms with E-state index < -0.39 is 5.97 Å². The van der Waals surface area contributed by atoms with E-state index in [1.807, 2.05) is 13.8 Å². The van der Waals surface area contributed by atoms with Crippen LogP contribution in [0.25, 0.3) is 0 Å². The normalized spacial score (nSPS) is 19.0. The highest BCUT2D eigenvalue weighted by atomic mass is 35.5. The fourth-order valence-corrected chi connectivity index (χ4v) is 4.05. The van der Waals surface area contributed by atoms with E-state index in [0.29, 0.717) is 19.6 Å². The van der Waals surface area contributed by atoms with Crippen LogP contribution in [0.5, 0.6) is 5.75 Å². The quantitative estimate of drug-likeness (QED) is 0.570. The fraction of sp³-hybridized carbons (Fsp3) is 0.391. The van der Waals surface area contributed by atoms with Crippen molar-refractivity contribution in [3.63, 3.8) is 0 Å². The second kappa shape index (κ2) is 10.5. The van der Waals surface area contributed by atoms with Gasteiger partial charge < -0.3 is 14.4 Å². The van der Waals surface area contributed by atoms with E-state index in [9.17, 15) is 14.0 Å². The van der Waals surface area contributed by atoms with Gasteiger partial charge in [-0.15, -0.1) is 0 Å². The van der Waals surface area contributed by atoms with Crippen LogP contribution in [0, 0.1) is 5.82 Å². The summed E-state index contributed by atoms with van der Waals surface area (Å²) in [6, 6.07) is 9.26. The number of carbonyl (C=O) groups is 2. The third-order valence-electron chi connectivity index (χ3n) is 5.51. The molecule has 1 saturated heterocycles. The average molecular weight is 483 g/mol. The van der Waals surface area contributed by atoms with Crippen LogP contribution in [-0.4, -0.2) is 60.6 Å². The molecule has 1 fully saturated rings. The molecule has 2 aromatic rings. The van der Waals surface area contributed by atoms with E-state index in [1.54, 1.807) is 17.0 Å². The maximum Gasteiger partial charge on any atom is 0.341 e. The Hall–Kier alpha value is -2.35. The van der Waals surface area contributed by atoms with Gasteiger partial charge in [0.2, 0.25) is 0 Å². The number of halogens is 3. The van der Waals surface area contributed by atoms with Gasteiger partial charge in [0, 0.05) is 37.8 Å². The summed E-state index contributed by atoms with van der Waals surface area (Å²) in [6.07, 6.45) is 0. The Labute approximate surface area is 196 Å². The Morgan fingerprint density at radius 2 is 1.72 bits per heavy atom. The molecule has 0 radical (unpaired) electrons. The van der Waals surface area contributed by atoms with Crippen molar-refractivity contribution in [2.24, 2.45) is 0 Å². The van der Waals surface area contributed by atoms with Crippen LogP contribution >= 0.6 is 23.2 Å². The van der Waals surface area contributed by atoms with Gasteiger partial charge in [0.25, 0.3) is 5.91 Å². The molecule has 0 bridgehead atoms. The smallest absolute Gasteiger partial charge is 0.341 e. The van der Waals surface area contributed by atoms with Gasteiger partial charge >= 0.3 is 5.97 Å². The van der Waals surface area contributed by atoms with E-state index in [-0.39, 0.29) is 51.8 Å². The zero-order chi connectivity index (χ0) is 23.4. The summed E-state index contributed by atoms with van der Waals surface area (Å²) >= 11 is 12.0. The molecule has 6 nitrogen and oxygen atoms in total. The van der Waals surface area contributed by atoms with Crippen LogP contribution in [0.1, 0.15) is 29.8 Å².